The third-order valence-electron chi connectivity index (χ3n) is 3.70. The van der Waals surface area contributed by atoms with Crippen LogP contribution in [0.5, 0.6) is 0 Å². The van der Waals surface area contributed by atoms with E-state index in [-0.39, 0.29) is 0 Å². The maximum atomic E-state index is 10.5. The summed E-state index contributed by atoms with van der Waals surface area (Å²) in [6.07, 6.45) is 7.76. The zero-order valence-electron chi connectivity index (χ0n) is 11.2. The Morgan fingerprint density at radius 1 is 1.33 bits per heavy atom. The summed E-state index contributed by atoms with van der Waals surface area (Å²) >= 11 is 1.72. The van der Waals surface area contributed by atoms with Crippen LogP contribution in [0.2, 0.25) is 0 Å². The van der Waals surface area contributed by atoms with Gasteiger partial charge in [-0.25, -0.2) is 4.98 Å². The predicted octanol–water partition coefficient (Wildman–Crippen LogP) is 2.88. The van der Waals surface area contributed by atoms with Gasteiger partial charge in [-0.1, -0.05) is 32.6 Å². The molecule has 2 N–H and O–H groups in total. The van der Waals surface area contributed by atoms with E-state index in [2.05, 4.69) is 22.6 Å². The molecule has 1 aromatic rings. The minimum absolute atomic E-state index is 0.486. The first-order chi connectivity index (χ1) is 8.72. The average Bonchev–Trinajstić information content (AvgIpc) is 2.71. The number of aliphatic hydroxyl groups is 1. The lowest BCUT2D eigenvalue weighted by Gasteiger charge is -2.26. The molecule has 2 rings (SSSR count). The Labute approximate surface area is 114 Å². The van der Waals surface area contributed by atoms with Crippen LogP contribution in [-0.2, 0) is 13.0 Å². The molecule has 0 aromatic carbocycles. The summed E-state index contributed by atoms with van der Waals surface area (Å²) in [6, 6.07) is 0. The minimum atomic E-state index is -0.486. The Hall–Kier alpha value is -0.450. The highest BCUT2D eigenvalue weighted by atomic mass is 32.1. The van der Waals surface area contributed by atoms with Gasteiger partial charge >= 0.3 is 0 Å². The summed E-state index contributed by atoms with van der Waals surface area (Å²) in [6.45, 7) is 3.61. The molecule has 1 saturated carbocycles. The van der Waals surface area contributed by atoms with Gasteiger partial charge < -0.3 is 10.4 Å². The van der Waals surface area contributed by atoms with Gasteiger partial charge in [-0.15, -0.1) is 11.3 Å². The summed E-state index contributed by atoms with van der Waals surface area (Å²) in [5.74, 6) is 0. The summed E-state index contributed by atoms with van der Waals surface area (Å²) in [5, 5.41) is 17.2. The number of nitrogens with one attached hydrogen (secondary N) is 1. The number of hydrogen-bond donors (Lipinski definition) is 2. The zero-order valence-corrected chi connectivity index (χ0v) is 12.1. The molecule has 0 amide bonds. The first-order valence-electron chi connectivity index (χ1n) is 7.08. The van der Waals surface area contributed by atoms with Crippen LogP contribution in [0.4, 0.5) is 0 Å². The second-order valence-corrected chi connectivity index (χ2v) is 6.27. The van der Waals surface area contributed by atoms with Crippen LogP contribution in [0.15, 0.2) is 5.38 Å². The molecule has 0 bridgehead atoms. The van der Waals surface area contributed by atoms with E-state index >= 15 is 0 Å². The molecule has 0 saturated heterocycles. The Balaban J connectivity index is 1.76. The molecule has 1 aliphatic carbocycles. The van der Waals surface area contributed by atoms with Crippen molar-refractivity contribution >= 4 is 11.3 Å². The molecular formula is C14H24N2OS. The standard InChI is InChI=1S/C14H24N2OS/c1-2-13-16-12(10-18-13)9-15-11-14(17)7-5-3-4-6-8-14/h10,15,17H,2-9,11H2,1H3. The van der Waals surface area contributed by atoms with Crippen LogP contribution >= 0.6 is 11.3 Å². The van der Waals surface area contributed by atoms with E-state index in [1.807, 2.05) is 0 Å². The third kappa shape index (κ3) is 4.04. The second-order valence-electron chi connectivity index (χ2n) is 5.33. The third-order valence-corrected chi connectivity index (χ3v) is 4.74. The molecule has 102 valence electrons. The SMILES string of the molecule is CCc1nc(CNCC2(O)CCCCCC2)cs1. The maximum absolute atomic E-state index is 10.5. The lowest BCUT2D eigenvalue weighted by molar-refractivity contribution is 0.0250. The minimum Gasteiger partial charge on any atom is -0.389 e. The summed E-state index contributed by atoms with van der Waals surface area (Å²) < 4.78 is 0. The highest BCUT2D eigenvalue weighted by Gasteiger charge is 2.27. The Morgan fingerprint density at radius 3 is 2.67 bits per heavy atom. The molecule has 0 aliphatic heterocycles. The van der Waals surface area contributed by atoms with Crippen LogP contribution < -0.4 is 5.32 Å². The second kappa shape index (κ2) is 6.64. The molecule has 4 heteroatoms. The molecule has 1 aliphatic rings. The lowest BCUT2D eigenvalue weighted by Crippen LogP contribution is -2.39. The van der Waals surface area contributed by atoms with Gasteiger partial charge in [0.1, 0.15) is 0 Å². The molecule has 0 atom stereocenters. The average molecular weight is 268 g/mol. The number of rotatable bonds is 5. The lowest BCUT2D eigenvalue weighted by atomic mass is 9.94. The van der Waals surface area contributed by atoms with Crippen molar-refractivity contribution in [1.82, 2.24) is 10.3 Å². The highest BCUT2D eigenvalue weighted by molar-refractivity contribution is 7.09. The van der Waals surface area contributed by atoms with Crippen LogP contribution in [-0.4, -0.2) is 22.2 Å². The molecule has 3 nitrogen and oxygen atoms in total. The van der Waals surface area contributed by atoms with Gasteiger partial charge in [0.15, 0.2) is 0 Å². The number of hydrogen-bond acceptors (Lipinski definition) is 4. The fourth-order valence-electron chi connectivity index (χ4n) is 2.58. The van der Waals surface area contributed by atoms with Crippen molar-refractivity contribution in [1.29, 1.82) is 0 Å². The maximum Gasteiger partial charge on any atom is 0.0926 e. The van der Waals surface area contributed by atoms with Gasteiger partial charge in [-0.2, -0.15) is 0 Å². The largest absolute Gasteiger partial charge is 0.389 e. The number of thiazole rings is 1. The summed E-state index contributed by atoms with van der Waals surface area (Å²) in [4.78, 5) is 4.53. The van der Waals surface area contributed by atoms with Crippen molar-refractivity contribution in [3.05, 3.63) is 16.1 Å². The first-order valence-corrected chi connectivity index (χ1v) is 7.96. The van der Waals surface area contributed by atoms with Crippen molar-refractivity contribution in [3.63, 3.8) is 0 Å². The van der Waals surface area contributed by atoms with Crippen LogP contribution in [0.1, 0.15) is 56.2 Å². The summed E-state index contributed by atoms with van der Waals surface area (Å²) in [5.41, 5.74) is 0.620. The van der Waals surface area contributed by atoms with Crippen molar-refractivity contribution in [2.24, 2.45) is 0 Å². The molecule has 0 spiro atoms. The molecule has 1 heterocycles. The first kappa shape index (κ1) is 14.0. The van der Waals surface area contributed by atoms with Crippen LogP contribution in [0.3, 0.4) is 0 Å². The Bertz CT molecular complexity index is 356. The van der Waals surface area contributed by atoms with E-state index < -0.39 is 5.60 Å². The molecular weight excluding hydrogens is 244 g/mol. The molecule has 1 fully saturated rings. The number of aromatic nitrogens is 1. The van der Waals surface area contributed by atoms with E-state index in [1.54, 1.807) is 11.3 Å². The molecule has 0 unspecified atom stereocenters. The number of nitrogens with zero attached hydrogens (tertiary/aromatic N) is 1. The van der Waals surface area contributed by atoms with Crippen LogP contribution in [0.25, 0.3) is 0 Å². The van der Waals surface area contributed by atoms with E-state index in [9.17, 15) is 5.11 Å². The van der Waals surface area contributed by atoms with Crippen LogP contribution in [0, 0.1) is 0 Å². The summed E-state index contributed by atoms with van der Waals surface area (Å²) in [7, 11) is 0. The highest BCUT2D eigenvalue weighted by Crippen LogP contribution is 2.26. The van der Waals surface area contributed by atoms with Gasteiger partial charge in [0.2, 0.25) is 0 Å². The zero-order chi connectivity index (χ0) is 12.8. The fraction of sp³-hybridized carbons (Fsp3) is 0.786. The predicted molar refractivity (Wildman–Crippen MR) is 75.9 cm³/mol. The molecule has 1 aromatic heterocycles. The van der Waals surface area contributed by atoms with Gasteiger partial charge in [-0.05, 0) is 19.3 Å². The van der Waals surface area contributed by atoms with Crippen molar-refractivity contribution < 1.29 is 5.11 Å². The van der Waals surface area contributed by atoms with Gasteiger partial charge in [0.05, 0.1) is 16.3 Å². The van der Waals surface area contributed by atoms with E-state index in [1.165, 1.54) is 17.8 Å². The van der Waals surface area contributed by atoms with Crippen molar-refractivity contribution in [2.45, 2.75) is 64.0 Å². The van der Waals surface area contributed by atoms with E-state index in [0.717, 1.165) is 44.3 Å². The quantitative estimate of drug-likeness (QED) is 0.807. The Morgan fingerprint density at radius 2 is 2.06 bits per heavy atom. The number of aryl methyl sites for hydroxylation is 1. The van der Waals surface area contributed by atoms with Gasteiger partial charge in [0.25, 0.3) is 0 Å². The van der Waals surface area contributed by atoms with E-state index in [0.29, 0.717) is 6.54 Å². The van der Waals surface area contributed by atoms with Gasteiger partial charge in [0, 0.05) is 18.5 Å². The normalized spacial score (nSPS) is 19.7. The smallest absolute Gasteiger partial charge is 0.0926 e. The van der Waals surface area contributed by atoms with E-state index in [4.69, 9.17) is 0 Å². The fourth-order valence-corrected chi connectivity index (χ4v) is 3.32. The van der Waals surface area contributed by atoms with Crippen molar-refractivity contribution in [2.75, 3.05) is 6.54 Å². The monoisotopic (exact) mass is 268 g/mol. The van der Waals surface area contributed by atoms with Gasteiger partial charge in [-0.3, -0.25) is 0 Å². The topological polar surface area (TPSA) is 45.2 Å². The Kier molecular flexibility index (Phi) is 5.15. The molecule has 18 heavy (non-hydrogen) atoms. The van der Waals surface area contributed by atoms with Crippen molar-refractivity contribution in [3.8, 4) is 0 Å². The molecule has 0 radical (unpaired) electrons.